The van der Waals surface area contributed by atoms with Gasteiger partial charge in [-0.1, -0.05) is 28.1 Å². The van der Waals surface area contributed by atoms with Gasteiger partial charge in [-0.15, -0.1) is 0 Å². The van der Waals surface area contributed by atoms with E-state index in [4.69, 9.17) is 4.74 Å². The first kappa shape index (κ1) is 14.0. The van der Waals surface area contributed by atoms with Crippen molar-refractivity contribution >= 4 is 15.9 Å². The van der Waals surface area contributed by atoms with E-state index in [1.165, 1.54) is 18.2 Å². The van der Waals surface area contributed by atoms with Crippen LogP contribution in [-0.2, 0) is 6.61 Å². The van der Waals surface area contributed by atoms with Crippen LogP contribution >= 0.6 is 15.9 Å². The molecule has 0 fully saturated rings. The predicted octanol–water partition coefficient (Wildman–Crippen LogP) is 4.22. The molecule has 0 aromatic heterocycles. The van der Waals surface area contributed by atoms with Gasteiger partial charge >= 0.3 is 0 Å². The molecule has 1 atom stereocenters. The normalized spacial score (nSPS) is 12.2. The summed E-state index contributed by atoms with van der Waals surface area (Å²) in [4.78, 5) is 0. The topological polar surface area (TPSA) is 29.5 Å². The number of halogens is 2. The van der Waals surface area contributed by atoms with Gasteiger partial charge in [0, 0.05) is 10.0 Å². The summed E-state index contributed by atoms with van der Waals surface area (Å²) in [5, 5.41) is 9.61. The molecule has 0 spiro atoms. The number of aliphatic hydroxyl groups excluding tert-OH is 1. The van der Waals surface area contributed by atoms with Gasteiger partial charge in [0.1, 0.15) is 18.2 Å². The van der Waals surface area contributed by atoms with Gasteiger partial charge in [-0.3, -0.25) is 0 Å². The van der Waals surface area contributed by atoms with E-state index in [0.717, 1.165) is 10.0 Å². The molecule has 4 heteroatoms. The van der Waals surface area contributed by atoms with Gasteiger partial charge in [0.25, 0.3) is 0 Å². The number of hydrogen-bond donors (Lipinski definition) is 1. The molecule has 1 N–H and O–H groups in total. The smallest absolute Gasteiger partial charge is 0.125 e. The minimum atomic E-state index is -0.768. The SMILES string of the molecule is C[C@H](O)c1cc(F)ccc1OCc1ccc(Br)cc1. The average Bonchev–Trinajstić information content (AvgIpc) is 2.39. The Bertz CT molecular complexity index is 553. The molecular formula is C15H14BrFO2. The molecule has 0 aliphatic rings. The fourth-order valence-electron chi connectivity index (χ4n) is 1.72. The first-order valence-electron chi connectivity index (χ1n) is 5.91. The van der Waals surface area contributed by atoms with E-state index in [9.17, 15) is 9.50 Å². The van der Waals surface area contributed by atoms with Crippen molar-refractivity contribution in [3.8, 4) is 5.75 Å². The van der Waals surface area contributed by atoms with E-state index in [1.54, 1.807) is 6.92 Å². The Labute approximate surface area is 120 Å². The maximum absolute atomic E-state index is 13.1. The summed E-state index contributed by atoms with van der Waals surface area (Å²) in [6, 6.07) is 11.9. The van der Waals surface area contributed by atoms with Crippen molar-refractivity contribution in [3.63, 3.8) is 0 Å². The fourth-order valence-corrected chi connectivity index (χ4v) is 1.98. The molecule has 0 amide bonds. The van der Waals surface area contributed by atoms with Crippen LogP contribution in [0.3, 0.4) is 0 Å². The van der Waals surface area contributed by atoms with Gasteiger partial charge in [-0.25, -0.2) is 4.39 Å². The largest absolute Gasteiger partial charge is 0.489 e. The van der Waals surface area contributed by atoms with Crippen LogP contribution in [0, 0.1) is 5.82 Å². The Morgan fingerprint density at radius 3 is 2.53 bits per heavy atom. The third-order valence-corrected chi connectivity index (χ3v) is 3.26. The summed E-state index contributed by atoms with van der Waals surface area (Å²) in [7, 11) is 0. The summed E-state index contributed by atoms with van der Waals surface area (Å²) in [6.45, 7) is 1.96. The molecule has 2 aromatic carbocycles. The maximum Gasteiger partial charge on any atom is 0.125 e. The molecule has 0 unspecified atom stereocenters. The molecule has 0 heterocycles. The second kappa shape index (κ2) is 6.17. The Morgan fingerprint density at radius 1 is 1.21 bits per heavy atom. The average molecular weight is 325 g/mol. The highest BCUT2D eigenvalue weighted by Gasteiger charge is 2.10. The summed E-state index contributed by atoms with van der Waals surface area (Å²) in [6.07, 6.45) is -0.768. The summed E-state index contributed by atoms with van der Waals surface area (Å²) in [5.41, 5.74) is 1.46. The van der Waals surface area contributed by atoms with Crippen LogP contribution in [0.2, 0.25) is 0 Å². The van der Waals surface area contributed by atoms with Crippen LogP contribution in [0.5, 0.6) is 5.75 Å². The Kier molecular flexibility index (Phi) is 4.56. The number of rotatable bonds is 4. The lowest BCUT2D eigenvalue weighted by atomic mass is 10.1. The van der Waals surface area contributed by atoms with Crippen LogP contribution < -0.4 is 4.74 Å². The quantitative estimate of drug-likeness (QED) is 0.912. The lowest BCUT2D eigenvalue weighted by Crippen LogP contribution is -2.01. The molecule has 0 radical (unpaired) electrons. The van der Waals surface area contributed by atoms with Gasteiger partial charge in [0.2, 0.25) is 0 Å². The first-order chi connectivity index (χ1) is 9.06. The number of hydrogen-bond acceptors (Lipinski definition) is 2. The Hall–Kier alpha value is -1.39. The minimum absolute atomic E-state index is 0.374. The molecule has 0 aliphatic heterocycles. The van der Waals surface area contributed by atoms with Crippen LogP contribution in [0.15, 0.2) is 46.9 Å². The van der Waals surface area contributed by atoms with E-state index in [2.05, 4.69) is 15.9 Å². The highest BCUT2D eigenvalue weighted by atomic mass is 79.9. The molecule has 2 aromatic rings. The van der Waals surface area contributed by atoms with Gasteiger partial charge in [0.15, 0.2) is 0 Å². The van der Waals surface area contributed by atoms with Gasteiger partial charge in [0.05, 0.1) is 6.10 Å². The van der Waals surface area contributed by atoms with Crippen LogP contribution in [0.25, 0.3) is 0 Å². The van der Waals surface area contributed by atoms with Crippen molar-refractivity contribution in [3.05, 3.63) is 63.9 Å². The highest BCUT2D eigenvalue weighted by molar-refractivity contribution is 9.10. The number of aliphatic hydroxyl groups is 1. The van der Waals surface area contributed by atoms with Gasteiger partial charge in [-0.2, -0.15) is 0 Å². The van der Waals surface area contributed by atoms with Crippen LogP contribution in [0.4, 0.5) is 4.39 Å². The van der Waals surface area contributed by atoms with Crippen molar-refractivity contribution < 1.29 is 14.2 Å². The third-order valence-electron chi connectivity index (χ3n) is 2.73. The second-order valence-electron chi connectivity index (χ2n) is 4.27. The van der Waals surface area contributed by atoms with Crippen LogP contribution in [0.1, 0.15) is 24.2 Å². The van der Waals surface area contributed by atoms with E-state index in [1.807, 2.05) is 24.3 Å². The van der Waals surface area contributed by atoms with E-state index in [-0.39, 0.29) is 5.82 Å². The molecule has 0 saturated heterocycles. The van der Waals surface area contributed by atoms with Gasteiger partial charge < -0.3 is 9.84 Å². The van der Waals surface area contributed by atoms with Crippen molar-refractivity contribution in [2.75, 3.05) is 0 Å². The minimum Gasteiger partial charge on any atom is -0.489 e. The Balaban J connectivity index is 2.13. The Morgan fingerprint density at radius 2 is 1.89 bits per heavy atom. The zero-order valence-electron chi connectivity index (χ0n) is 10.4. The lowest BCUT2D eigenvalue weighted by Gasteiger charge is -2.13. The van der Waals surface area contributed by atoms with E-state index >= 15 is 0 Å². The zero-order valence-corrected chi connectivity index (χ0v) is 12.0. The number of ether oxygens (including phenoxy) is 1. The van der Waals surface area contributed by atoms with Crippen molar-refractivity contribution in [1.82, 2.24) is 0 Å². The van der Waals surface area contributed by atoms with Gasteiger partial charge in [-0.05, 0) is 42.8 Å². The summed E-state index contributed by atoms with van der Waals surface area (Å²) >= 11 is 3.36. The molecule has 19 heavy (non-hydrogen) atoms. The lowest BCUT2D eigenvalue weighted by molar-refractivity contribution is 0.189. The molecule has 100 valence electrons. The van der Waals surface area contributed by atoms with Crippen molar-refractivity contribution in [2.24, 2.45) is 0 Å². The molecule has 2 nitrogen and oxygen atoms in total. The monoisotopic (exact) mass is 324 g/mol. The molecule has 2 rings (SSSR count). The van der Waals surface area contributed by atoms with Crippen molar-refractivity contribution in [1.29, 1.82) is 0 Å². The molecule has 0 saturated carbocycles. The molecule has 0 bridgehead atoms. The third kappa shape index (κ3) is 3.78. The number of benzene rings is 2. The van der Waals surface area contributed by atoms with Crippen molar-refractivity contribution in [2.45, 2.75) is 19.6 Å². The maximum atomic E-state index is 13.1. The fraction of sp³-hybridized carbons (Fsp3) is 0.200. The zero-order chi connectivity index (χ0) is 13.8. The molecule has 0 aliphatic carbocycles. The van der Waals surface area contributed by atoms with E-state index < -0.39 is 6.10 Å². The highest BCUT2D eigenvalue weighted by Crippen LogP contribution is 2.26. The summed E-state index contributed by atoms with van der Waals surface area (Å²) < 4.78 is 19.8. The second-order valence-corrected chi connectivity index (χ2v) is 5.19. The predicted molar refractivity (Wildman–Crippen MR) is 75.5 cm³/mol. The van der Waals surface area contributed by atoms with E-state index in [0.29, 0.717) is 17.9 Å². The van der Waals surface area contributed by atoms with Crippen LogP contribution in [-0.4, -0.2) is 5.11 Å². The first-order valence-corrected chi connectivity index (χ1v) is 6.70. The standard InChI is InChI=1S/C15H14BrFO2/c1-10(18)14-8-13(17)6-7-15(14)19-9-11-2-4-12(16)5-3-11/h2-8,10,18H,9H2,1H3/t10-/m0/s1. The summed E-state index contributed by atoms with van der Waals surface area (Å²) in [5.74, 6) is 0.117. The molecular weight excluding hydrogens is 311 g/mol.